The Labute approximate surface area is 406 Å². The highest BCUT2D eigenvalue weighted by Gasteiger charge is 2.46. The maximum Gasteiger partial charge on any atom is 0.311 e. The number of nitrogens with one attached hydrogen (secondary N) is 2. The van der Waals surface area contributed by atoms with Gasteiger partial charge in [0.25, 0.3) is 11.8 Å². The minimum atomic E-state index is -0.437. The van der Waals surface area contributed by atoms with Crippen LogP contribution in [0.3, 0.4) is 0 Å². The summed E-state index contributed by atoms with van der Waals surface area (Å²) in [5, 5.41) is 25.0. The number of methoxy groups -OCH3 is 1. The number of pyridine rings is 2. The minimum Gasteiger partial charge on any atom is -0.469 e. The number of aliphatic hydroxyl groups is 1. The molecule has 4 fully saturated rings. The van der Waals surface area contributed by atoms with Gasteiger partial charge in [0.05, 0.1) is 85.3 Å². The number of piperidine rings is 2. The number of amides is 2. The number of anilines is 2. The molecule has 2 saturated carbocycles. The number of carbonyl (C=O) groups is 3. The predicted octanol–water partition coefficient (Wildman–Crippen LogP) is 3.73. The van der Waals surface area contributed by atoms with Crippen molar-refractivity contribution in [2.75, 3.05) is 49.7 Å². The van der Waals surface area contributed by atoms with Crippen LogP contribution < -0.4 is 20.4 Å². The van der Waals surface area contributed by atoms with E-state index in [9.17, 15) is 19.5 Å². The topological polar surface area (TPSA) is 208 Å². The number of aliphatic hydroxyl groups excluding tert-OH is 1. The SMILES string of the molecule is COC(=O)Cc1nn(Cc2ccc(N3CC4CC4C3)nc2C)cc1C(=O)N[C@@H]1CCc2c1ncn2C.Cc1nc(N2CC3CC3C2)ccc1Cn1cc(C(=O)N[C@@H]2CCc3c2ncn3C)c(CCO)n1. The number of imidazole rings is 2. The monoisotopic (exact) mass is 951 g/mol. The van der Waals surface area contributed by atoms with Gasteiger partial charge in [-0.15, -0.1) is 0 Å². The normalized spacial score (nSPS) is 22.3. The number of nitrogens with zero attached hydrogens (tertiary/aromatic N) is 12. The van der Waals surface area contributed by atoms with E-state index in [1.54, 1.807) is 34.4 Å². The fourth-order valence-electron chi connectivity index (χ4n) is 11.2. The van der Waals surface area contributed by atoms with Gasteiger partial charge in [-0.25, -0.2) is 19.9 Å². The third kappa shape index (κ3) is 9.06. The molecule has 3 N–H and O–H groups in total. The van der Waals surface area contributed by atoms with Crippen molar-refractivity contribution >= 4 is 29.4 Å². The Morgan fingerprint density at radius 3 is 1.59 bits per heavy atom. The molecule has 2 aliphatic heterocycles. The molecule has 4 unspecified atom stereocenters. The van der Waals surface area contributed by atoms with Gasteiger partial charge >= 0.3 is 5.97 Å². The second-order valence-electron chi connectivity index (χ2n) is 20.3. The average molecular weight is 951 g/mol. The maximum absolute atomic E-state index is 13.3. The molecule has 0 spiro atoms. The third-order valence-corrected chi connectivity index (χ3v) is 15.5. The number of rotatable bonds is 14. The van der Waals surface area contributed by atoms with E-state index in [1.807, 2.05) is 37.1 Å². The van der Waals surface area contributed by atoms with E-state index in [1.165, 1.54) is 25.6 Å². The van der Waals surface area contributed by atoms with Crippen LogP contribution in [-0.4, -0.2) is 111 Å². The summed E-state index contributed by atoms with van der Waals surface area (Å²) in [5.74, 6) is 4.65. The molecule has 2 amide bonds. The number of fused-ring (bicyclic) bond motifs is 4. The molecule has 19 nitrogen and oxygen atoms in total. The van der Waals surface area contributed by atoms with E-state index >= 15 is 0 Å². The molecule has 0 aromatic carbocycles. The van der Waals surface area contributed by atoms with Crippen LogP contribution in [0, 0.1) is 37.5 Å². The van der Waals surface area contributed by atoms with Gasteiger partial charge in [-0.3, -0.25) is 23.7 Å². The van der Waals surface area contributed by atoms with Gasteiger partial charge in [-0.05, 0) is 99.3 Å². The molecule has 6 aromatic rings. The van der Waals surface area contributed by atoms with E-state index < -0.39 is 5.97 Å². The molecule has 70 heavy (non-hydrogen) atoms. The molecule has 8 heterocycles. The number of esters is 1. The molecule has 6 atom stereocenters. The Balaban J connectivity index is 0.000000153. The number of hydrogen-bond donors (Lipinski definition) is 3. The quantitative estimate of drug-likeness (QED) is 0.133. The first-order chi connectivity index (χ1) is 33.9. The molecule has 2 saturated heterocycles. The molecular formula is C51H62N14O5. The number of aryl methyl sites for hydroxylation is 4. The van der Waals surface area contributed by atoms with Gasteiger partial charge in [-0.1, -0.05) is 12.1 Å². The van der Waals surface area contributed by atoms with Gasteiger partial charge in [0.2, 0.25) is 0 Å². The Morgan fingerprint density at radius 1 is 0.686 bits per heavy atom. The third-order valence-electron chi connectivity index (χ3n) is 15.5. The van der Waals surface area contributed by atoms with Gasteiger partial charge in [0, 0.05) is 88.5 Å². The number of ether oxygens (including phenoxy) is 1. The summed E-state index contributed by atoms with van der Waals surface area (Å²) >= 11 is 0. The molecule has 12 rings (SSSR count). The molecular weight excluding hydrogens is 889 g/mol. The average Bonchev–Trinajstić information content (AvgIpc) is 3.89. The zero-order chi connectivity index (χ0) is 48.4. The lowest BCUT2D eigenvalue weighted by atomic mass is 10.1. The molecule has 366 valence electrons. The summed E-state index contributed by atoms with van der Waals surface area (Å²) < 4.78 is 12.4. The van der Waals surface area contributed by atoms with Crippen molar-refractivity contribution in [3.05, 3.63) is 117 Å². The molecule has 0 bridgehead atoms. The van der Waals surface area contributed by atoms with Gasteiger partial charge < -0.3 is 39.4 Å². The first-order valence-electron chi connectivity index (χ1n) is 24.7. The van der Waals surface area contributed by atoms with Crippen molar-refractivity contribution in [2.45, 2.75) is 90.4 Å². The van der Waals surface area contributed by atoms with Crippen LogP contribution in [-0.2, 0) is 62.4 Å². The van der Waals surface area contributed by atoms with Crippen LogP contribution in [0.5, 0.6) is 0 Å². The van der Waals surface area contributed by atoms with E-state index in [0.29, 0.717) is 42.0 Å². The van der Waals surface area contributed by atoms with Crippen LogP contribution in [0.4, 0.5) is 11.6 Å². The van der Waals surface area contributed by atoms with Crippen LogP contribution in [0.15, 0.2) is 49.3 Å². The summed E-state index contributed by atoms with van der Waals surface area (Å²) in [5.41, 5.74) is 10.1. The highest BCUT2D eigenvalue weighted by Crippen LogP contribution is 2.47. The van der Waals surface area contributed by atoms with Crippen LogP contribution in [0.25, 0.3) is 0 Å². The van der Waals surface area contributed by atoms with Gasteiger partial charge in [-0.2, -0.15) is 10.2 Å². The first-order valence-corrected chi connectivity index (χ1v) is 24.7. The Kier molecular flexibility index (Phi) is 12.0. The predicted molar refractivity (Wildman–Crippen MR) is 258 cm³/mol. The Morgan fingerprint density at radius 2 is 1.14 bits per heavy atom. The van der Waals surface area contributed by atoms with Crippen LogP contribution in [0.2, 0.25) is 0 Å². The molecule has 19 heteroatoms. The molecule has 6 aliphatic rings. The highest BCUT2D eigenvalue weighted by molar-refractivity contribution is 5.96. The summed E-state index contributed by atoms with van der Waals surface area (Å²) in [6.45, 7) is 9.43. The van der Waals surface area contributed by atoms with Crippen molar-refractivity contribution in [3.63, 3.8) is 0 Å². The van der Waals surface area contributed by atoms with Crippen molar-refractivity contribution < 1.29 is 24.2 Å². The lowest BCUT2D eigenvalue weighted by Crippen LogP contribution is -2.28. The summed E-state index contributed by atoms with van der Waals surface area (Å²) in [6.07, 6.45) is 13.5. The number of aromatic nitrogens is 10. The van der Waals surface area contributed by atoms with Gasteiger partial charge in [0.15, 0.2) is 0 Å². The molecule has 0 radical (unpaired) electrons. The van der Waals surface area contributed by atoms with Crippen molar-refractivity contribution in [1.82, 2.24) is 59.3 Å². The van der Waals surface area contributed by atoms with E-state index in [0.717, 1.165) is 127 Å². The number of carbonyl (C=O) groups excluding carboxylic acids is 3. The van der Waals surface area contributed by atoms with Crippen molar-refractivity contribution in [1.29, 1.82) is 0 Å². The van der Waals surface area contributed by atoms with E-state index in [4.69, 9.17) is 14.7 Å². The second kappa shape index (κ2) is 18.5. The van der Waals surface area contributed by atoms with Crippen molar-refractivity contribution in [2.24, 2.45) is 37.8 Å². The smallest absolute Gasteiger partial charge is 0.311 e. The fourth-order valence-corrected chi connectivity index (χ4v) is 11.2. The lowest BCUT2D eigenvalue weighted by molar-refractivity contribution is -0.139. The summed E-state index contributed by atoms with van der Waals surface area (Å²) in [7, 11) is 5.28. The molecule has 4 aliphatic carbocycles. The Bertz CT molecular complexity index is 2970. The van der Waals surface area contributed by atoms with Crippen molar-refractivity contribution in [3.8, 4) is 0 Å². The zero-order valence-electron chi connectivity index (χ0n) is 40.6. The largest absolute Gasteiger partial charge is 0.469 e. The lowest BCUT2D eigenvalue weighted by Gasteiger charge is -2.20. The summed E-state index contributed by atoms with van der Waals surface area (Å²) in [4.78, 5) is 61.9. The molecule has 6 aromatic heterocycles. The zero-order valence-corrected chi connectivity index (χ0v) is 40.6. The minimum absolute atomic E-state index is 0.0573. The first kappa shape index (κ1) is 45.5. The highest BCUT2D eigenvalue weighted by atomic mass is 16.5. The summed E-state index contributed by atoms with van der Waals surface area (Å²) in [6, 6.07) is 8.14. The standard InChI is InChI=1S/C26H31N7O3.C25H31N7O2/c1-15-16(4-7-23(28-15)32-10-17-8-18(17)11-32)12-33-13-19(21(30-33)9-24(34)36-3)26(35)29-20-5-6-22-25(20)27-14-31(22)2;1-15-16(3-6-23(27-15)31-10-17-9-18(17)11-31)12-32-13-19(20(29-32)7-8-33)25(34)28-21-4-5-22-24(21)26-14-30(22)2/h4,7,13-14,17-18,20H,5-6,8-12H2,1-3H3,(H,29,35);3,6,13-14,17-18,21,33H,4-5,7-12H2,1-2H3,(H,28,34)/t17?,18?,20-;17?,18?,21-/m11/s1. The van der Waals surface area contributed by atoms with E-state index in [-0.39, 0.29) is 36.9 Å². The van der Waals surface area contributed by atoms with E-state index in [2.05, 4.69) is 64.9 Å². The number of hydrogen-bond acceptors (Lipinski definition) is 13. The second-order valence-corrected chi connectivity index (χ2v) is 20.3. The van der Waals surface area contributed by atoms with Crippen LogP contribution >= 0.6 is 0 Å². The van der Waals surface area contributed by atoms with Crippen LogP contribution in [0.1, 0.15) is 115 Å². The fraction of sp³-hybridized carbons (Fsp3) is 0.510. The van der Waals surface area contributed by atoms with Gasteiger partial charge in [0.1, 0.15) is 11.6 Å². The maximum atomic E-state index is 13.3. The Hall–Kier alpha value is -6.89.